The summed E-state index contributed by atoms with van der Waals surface area (Å²) in [6, 6.07) is 0. The van der Waals surface area contributed by atoms with Gasteiger partial charge in [0, 0.05) is 33.6 Å². The SMILES string of the molecule is [AlH3].[Fe].[Ni].[SiH3][V]. The molecule has 36 valence electrons. The Balaban J connectivity index is -0.00000000167. The van der Waals surface area contributed by atoms with E-state index in [0.29, 0.717) is 0 Å². The van der Waals surface area contributed by atoms with Crippen molar-refractivity contribution in [3.05, 3.63) is 0 Å². The van der Waals surface area contributed by atoms with Gasteiger partial charge < -0.3 is 0 Å². The molecule has 0 N–H and O–H groups in total. The van der Waals surface area contributed by atoms with Crippen molar-refractivity contribution in [3.8, 4) is 0 Å². The van der Waals surface area contributed by atoms with Crippen LogP contribution in [0.25, 0.3) is 0 Å². The molecular weight excluding hydrogens is 221 g/mol. The summed E-state index contributed by atoms with van der Waals surface area (Å²) in [6.07, 6.45) is 0. The van der Waals surface area contributed by atoms with Crippen LogP contribution in [0, 0.1) is 0 Å². The van der Waals surface area contributed by atoms with Crippen LogP contribution in [0.5, 0.6) is 0 Å². The second-order valence-electron chi connectivity index (χ2n) is 0. The molecule has 0 saturated heterocycles. The predicted octanol–water partition coefficient (Wildman–Crippen LogP) is -2.38. The summed E-state index contributed by atoms with van der Waals surface area (Å²) < 4.78 is 0. The van der Waals surface area contributed by atoms with Gasteiger partial charge in [-0.3, -0.25) is 0 Å². The van der Waals surface area contributed by atoms with Crippen LogP contribution in [0.1, 0.15) is 0 Å². The Kier molecular flexibility index (Phi) is 174. The first-order valence-electron chi connectivity index (χ1n) is 0.447. The molecule has 0 spiro atoms. The van der Waals surface area contributed by atoms with Crippen LogP contribution in [0.2, 0.25) is 0 Å². The van der Waals surface area contributed by atoms with Crippen LogP contribution in [0.3, 0.4) is 0 Å². The predicted molar refractivity (Wildman–Crippen MR) is 19.9 cm³/mol. The molecule has 0 aromatic carbocycles. The Labute approximate surface area is 75.5 Å². The molecule has 0 rings (SSSR count). The van der Waals surface area contributed by atoms with Crippen molar-refractivity contribution in [2.24, 2.45) is 0 Å². The molecule has 0 unspecified atom stereocenters. The van der Waals surface area contributed by atoms with Gasteiger partial charge in [0.15, 0.2) is 17.4 Å². The van der Waals surface area contributed by atoms with Gasteiger partial charge in [-0.05, 0) is 0 Å². The second kappa shape index (κ2) is 32.9. The number of rotatable bonds is 0. The summed E-state index contributed by atoms with van der Waals surface area (Å²) in [5.41, 5.74) is 0. The second-order valence-corrected chi connectivity index (χ2v) is 0. The van der Waals surface area contributed by atoms with Crippen molar-refractivity contribution in [2.45, 2.75) is 0 Å². The Hall–Kier alpha value is 2.35. The van der Waals surface area contributed by atoms with Crippen molar-refractivity contribution < 1.29 is 50.3 Å². The van der Waals surface area contributed by atoms with Gasteiger partial charge in [0.05, 0.1) is 0 Å². The average molecular weight is 227 g/mol. The Morgan fingerprint density at radius 3 is 1.20 bits per heavy atom. The van der Waals surface area contributed by atoms with Gasteiger partial charge in [0.25, 0.3) is 0 Å². The number of hydrogen-bond acceptors (Lipinski definition) is 0. The fraction of sp³-hybridized carbons (Fsp3) is 0. The zero-order chi connectivity index (χ0) is 2.00. The molecule has 5 heavy (non-hydrogen) atoms. The summed E-state index contributed by atoms with van der Waals surface area (Å²) >= 11 is 2.45. The molecule has 0 aromatic heterocycles. The fourth-order valence-electron chi connectivity index (χ4n) is 0. The standard InChI is InChI=1S/Al.Fe.Ni.H3Si.V.3H/h;;;1H3;;;;. The molecule has 0 atom stereocenters. The first-order valence-corrected chi connectivity index (χ1v) is 5.53. The van der Waals surface area contributed by atoms with Crippen LogP contribution in [0.4, 0.5) is 0 Å². The van der Waals surface area contributed by atoms with Crippen LogP contribution in [0.15, 0.2) is 0 Å². The molecule has 0 aliphatic heterocycles. The Morgan fingerprint density at radius 2 is 1.20 bits per heavy atom. The van der Waals surface area contributed by atoms with E-state index >= 15 is 0 Å². The summed E-state index contributed by atoms with van der Waals surface area (Å²) in [7, 11) is 1.24. The molecule has 0 nitrogen and oxygen atoms in total. The van der Waals surface area contributed by atoms with Crippen molar-refractivity contribution in [3.63, 3.8) is 0 Å². The van der Waals surface area contributed by atoms with Gasteiger partial charge in [-0.15, -0.1) is 0 Å². The van der Waals surface area contributed by atoms with E-state index in [4.69, 9.17) is 0 Å². The summed E-state index contributed by atoms with van der Waals surface area (Å²) in [6.45, 7) is 0. The van der Waals surface area contributed by atoms with Gasteiger partial charge in [0.2, 0.25) is 0 Å². The van der Waals surface area contributed by atoms with E-state index in [1.54, 1.807) is 0 Å². The van der Waals surface area contributed by atoms with E-state index in [0.717, 1.165) is 0 Å². The van der Waals surface area contributed by atoms with Crippen molar-refractivity contribution >= 4 is 26.0 Å². The third-order valence-electron chi connectivity index (χ3n) is 0. The maximum atomic E-state index is 2.45. The molecule has 0 aliphatic rings. The van der Waals surface area contributed by atoms with Gasteiger partial charge in [-0.1, -0.05) is 0 Å². The minimum absolute atomic E-state index is 0. The van der Waals surface area contributed by atoms with E-state index in [1.165, 1.54) is 8.62 Å². The van der Waals surface area contributed by atoms with Gasteiger partial charge in [0.1, 0.15) is 0 Å². The topological polar surface area (TPSA) is 0 Å². The average Bonchev–Trinajstić information content (AvgIpc) is 1.00. The molecule has 0 amide bonds. The van der Waals surface area contributed by atoms with Crippen LogP contribution < -0.4 is 0 Å². The number of hydrogen-bond donors (Lipinski definition) is 0. The van der Waals surface area contributed by atoms with E-state index in [2.05, 4.69) is 16.8 Å². The van der Waals surface area contributed by atoms with Crippen molar-refractivity contribution in [1.82, 2.24) is 0 Å². The zero-order valence-electron chi connectivity index (χ0n) is 2.12. The summed E-state index contributed by atoms with van der Waals surface area (Å²) in [5.74, 6) is 0. The Bertz CT molecular complexity index is 11.6. The minimum atomic E-state index is 0. The van der Waals surface area contributed by atoms with Crippen molar-refractivity contribution in [2.75, 3.05) is 0 Å². The molecule has 0 heterocycles. The third kappa shape index (κ3) is 21.8. The Morgan fingerprint density at radius 1 is 1.20 bits per heavy atom. The fourth-order valence-corrected chi connectivity index (χ4v) is 0. The van der Waals surface area contributed by atoms with Gasteiger partial charge >= 0.3 is 25.4 Å². The quantitative estimate of drug-likeness (QED) is 0.405. The van der Waals surface area contributed by atoms with E-state index in [1.807, 2.05) is 0 Å². The van der Waals surface area contributed by atoms with E-state index in [9.17, 15) is 0 Å². The molecule has 5 heteroatoms. The summed E-state index contributed by atoms with van der Waals surface area (Å²) in [4.78, 5) is 0. The third-order valence-corrected chi connectivity index (χ3v) is 0. The molecule has 0 aliphatic carbocycles. The normalized spacial score (nSPS) is 1.60. The van der Waals surface area contributed by atoms with E-state index < -0.39 is 0 Å². The molecule has 0 saturated carbocycles. The van der Waals surface area contributed by atoms with Gasteiger partial charge in [-0.25, -0.2) is 0 Å². The monoisotopic (exact) mass is 226 g/mol. The summed E-state index contributed by atoms with van der Waals surface area (Å²) in [5, 5.41) is 0. The van der Waals surface area contributed by atoms with Crippen LogP contribution >= 0.6 is 0 Å². The van der Waals surface area contributed by atoms with E-state index in [-0.39, 0.29) is 50.9 Å². The van der Waals surface area contributed by atoms with Crippen LogP contribution in [-0.2, 0) is 50.3 Å². The first kappa shape index (κ1) is 26.4. The molecular formula is H6AlFeNiSiV. The molecule has 0 fully saturated rings. The van der Waals surface area contributed by atoms with Gasteiger partial charge in [-0.2, -0.15) is 0 Å². The maximum absolute atomic E-state index is 2.45. The van der Waals surface area contributed by atoms with Crippen LogP contribution in [-0.4, -0.2) is 26.0 Å². The van der Waals surface area contributed by atoms with Crippen molar-refractivity contribution in [1.29, 1.82) is 0 Å². The first-order chi connectivity index (χ1) is 1.00. The zero-order valence-corrected chi connectivity index (χ0v) is 7.61. The molecule has 0 bridgehead atoms. The molecule has 0 aromatic rings. The molecule has 0 radical (unpaired) electrons.